The van der Waals surface area contributed by atoms with Crippen LogP contribution in [0.4, 0.5) is 0 Å². The van der Waals surface area contributed by atoms with Crippen LogP contribution in [0.15, 0.2) is 24.3 Å². The first-order chi connectivity index (χ1) is 28.3. The highest BCUT2D eigenvalue weighted by molar-refractivity contribution is 14.3. The van der Waals surface area contributed by atoms with Crippen molar-refractivity contribution < 1.29 is 13.4 Å². The van der Waals surface area contributed by atoms with Crippen LogP contribution in [-0.4, -0.2) is 55.7 Å². The van der Waals surface area contributed by atoms with Gasteiger partial charge in [0, 0.05) is 65.7 Å². The third-order valence-electron chi connectivity index (χ3n) is 17.4. The number of halogens is 3. The first-order valence-corrected chi connectivity index (χ1v) is 25.2. The van der Waals surface area contributed by atoms with Gasteiger partial charge in [-0.15, -0.1) is 0 Å². The van der Waals surface area contributed by atoms with Crippen LogP contribution in [0.2, 0.25) is 0 Å². The number of hydrogen-bond acceptors (Lipinski definition) is 0. The standard InChI is InChI=1S/C52H34N3.CHI3.CH4/c1-53(2)11-21-22(12-53)28-18-8-10-20-30-24-14-55(5,6)16-26(24)36-35-25-15-54(3,4)13-23(25)29-19-9-7-17-27(21)37-38(28)42-32(18)34(20)44-40(30)46(36)47-45(35)39(29)43-33(19)31(17)41(37)48-49(42)51(44)52(47)50(43)48;2-1(3)4;/h7-10H,11-16H2,1-6H3;1H;1H4/q+3;;. The quantitative estimate of drug-likeness (QED) is 0.0614. The average Bonchev–Trinajstić information content (AvgIpc) is 4.01. The maximum absolute atomic E-state index is 2.61. The molecule has 60 heavy (non-hydrogen) atoms. The Labute approximate surface area is 385 Å². The molecule has 0 aromatic heterocycles. The van der Waals surface area contributed by atoms with Crippen LogP contribution >= 0.6 is 67.8 Å². The van der Waals surface area contributed by atoms with Crippen molar-refractivity contribution in [3.05, 3.63) is 57.6 Å². The highest BCUT2D eigenvalue weighted by atomic mass is 127. The Kier molecular flexibility index (Phi) is 5.08. The SMILES string of the molecule is C.C[N+]1(C)Cc2c(c3c4ccc5c6c7c(c8c9c%10c(c%11c%12ccc%13c2c2c3c3c4c5c4c6c8c5c9c%11c6c%12c%13c2c2c3c4c5c62)C[N+](C)(C)C%10)C[N+](C)(C)C7)C1.IC(I)I. The molecular weight excluding hydrogens is 1070 g/mol. The maximum atomic E-state index is 2.61. The third-order valence-corrected chi connectivity index (χ3v) is 17.4. The summed E-state index contributed by atoms with van der Waals surface area (Å²) in [5.41, 5.74) is 9.97. The summed E-state index contributed by atoms with van der Waals surface area (Å²) in [7, 11) is 14.9. The first-order valence-electron chi connectivity index (χ1n) is 21.4. The van der Waals surface area contributed by atoms with E-state index in [4.69, 9.17) is 0 Å². The van der Waals surface area contributed by atoms with Gasteiger partial charge < -0.3 is 13.4 Å². The Morgan fingerprint density at radius 2 is 0.433 bits per heavy atom. The number of fused-ring (bicyclic) bond motifs is 14. The zero-order valence-electron chi connectivity index (χ0n) is 33.6. The van der Waals surface area contributed by atoms with Crippen molar-refractivity contribution in [1.82, 2.24) is 0 Å². The molecule has 0 amide bonds. The fourth-order valence-corrected chi connectivity index (χ4v) is 16.4. The minimum Gasteiger partial charge on any atom is -0.321 e. The predicted molar refractivity (Wildman–Crippen MR) is 286 cm³/mol. The number of nitrogens with zero attached hydrogens (tertiary/aromatic N) is 3. The fraction of sp³-hybridized carbons (Fsp3) is 0.259. The molecular formula is C54H39I3N3+3. The fourth-order valence-electron chi connectivity index (χ4n) is 16.4. The Hall–Kier alpha value is -3.13. The molecule has 3 heterocycles. The molecule has 0 atom stereocenters. The molecule has 0 bridgehead atoms. The van der Waals surface area contributed by atoms with Crippen molar-refractivity contribution >= 4 is 229 Å². The predicted octanol–water partition coefficient (Wildman–Crippen LogP) is 15.2. The van der Waals surface area contributed by atoms with Gasteiger partial charge in [0.05, 0.1) is 42.3 Å². The highest BCUT2D eigenvalue weighted by Gasteiger charge is 2.46. The van der Waals surface area contributed by atoms with E-state index in [1.54, 1.807) is 184 Å². The van der Waals surface area contributed by atoms with Gasteiger partial charge in [0.25, 0.3) is 0 Å². The molecule has 0 fully saturated rings. The average molecular weight is 1110 g/mol. The summed E-state index contributed by atoms with van der Waals surface area (Å²) in [5.74, 6) is 0. The number of alkyl halides is 3. The van der Waals surface area contributed by atoms with Gasteiger partial charge in [0.2, 0.25) is 0 Å². The van der Waals surface area contributed by atoms with Crippen LogP contribution in [0.3, 0.4) is 0 Å². The summed E-state index contributed by atoms with van der Waals surface area (Å²) in [4.78, 5) is 0. The molecule has 3 aliphatic heterocycles. The van der Waals surface area contributed by atoms with E-state index in [9.17, 15) is 0 Å². The van der Waals surface area contributed by atoms with Crippen LogP contribution in [0.5, 0.6) is 0 Å². The summed E-state index contributed by atoms with van der Waals surface area (Å²) in [6, 6.07) is 10.5. The van der Waals surface area contributed by atoms with Crippen LogP contribution < -0.4 is 0 Å². The number of hydrogen-bond donors (Lipinski definition) is 0. The maximum Gasteiger partial charge on any atom is 0.114 e. The van der Waals surface area contributed by atoms with Crippen molar-refractivity contribution in [2.24, 2.45) is 0 Å². The Bertz CT molecular complexity index is 4250. The van der Waals surface area contributed by atoms with E-state index in [2.05, 4.69) is 134 Å². The van der Waals surface area contributed by atoms with E-state index in [-0.39, 0.29) is 7.43 Å². The summed E-state index contributed by atoms with van der Waals surface area (Å²) in [6.07, 6.45) is 0. The molecule has 288 valence electrons. The lowest BCUT2D eigenvalue weighted by Gasteiger charge is -2.22. The molecule has 3 aliphatic rings. The molecule has 3 nitrogen and oxygen atoms in total. The zero-order chi connectivity index (χ0) is 38.9. The molecule has 6 heteroatoms. The molecule has 0 unspecified atom stereocenters. The van der Waals surface area contributed by atoms with Crippen molar-refractivity contribution in [3.63, 3.8) is 0 Å². The van der Waals surface area contributed by atoms with Crippen LogP contribution in [0, 0.1) is 0 Å². The van der Waals surface area contributed by atoms with Crippen molar-refractivity contribution in [2.75, 3.05) is 42.3 Å². The summed E-state index contributed by atoms with van der Waals surface area (Å²) >= 11 is 6.95. The second-order valence-corrected chi connectivity index (χ2v) is 32.8. The summed E-state index contributed by atoms with van der Waals surface area (Å²) in [5, 5.41) is 48.4. The van der Waals surface area contributed by atoms with E-state index in [1.807, 2.05) is 0 Å². The second kappa shape index (κ2) is 9.11. The van der Waals surface area contributed by atoms with Crippen LogP contribution in [-0.2, 0) is 39.3 Å². The normalized spacial score (nSPS) is 19.4. The Morgan fingerprint density at radius 1 is 0.283 bits per heavy atom. The number of quaternary nitrogens is 3. The Balaban J connectivity index is 0.000000619. The molecule has 0 N–H and O–H groups in total. The van der Waals surface area contributed by atoms with Crippen LogP contribution in [0.1, 0.15) is 40.8 Å². The van der Waals surface area contributed by atoms with Crippen molar-refractivity contribution in [1.29, 1.82) is 0 Å². The minimum absolute atomic E-state index is 0. The lowest BCUT2D eigenvalue weighted by Crippen LogP contribution is -2.32. The van der Waals surface area contributed by atoms with Crippen LogP contribution in [0.25, 0.3) is 162 Å². The number of benzene rings is 10. The highest BCUT2D eigenvalue weighted by Crippen LogP contribution is 2.70. The zero-order valence-corrected chi connectivity index (χ0v) is 40.1. The second-order valence-electron chi connectivity index (χ2n) is 21.9. The molecule has 0 saturated heterocycles. The summed E-state index contributed by atoms with van der Waals surface area (Å²) in [6.45, 7) is 6.68. The molecule has 16 aromatic rings. The smallest absolute Gasteiger partial charge is 0.114 e. The molecule has 19 rings (SSSR count). The molecule has 0 aliphatic carbocycles. The van der Waals surface area contributed by atoms with Gasteiger partial charge in [-0.3, -0.25) is 0 Å². The van der Waals surface area contributed by atoms with E-state index in [0.29, 0.717) is 0 Å². The van der Waals surface area contributed by atoms with E-state index in [1.165, 1.54) is 10.8 Å². The van der Waals surface area contributed by atoms with Gasteiger partial charge in [-0.1, -0.05) is 99.5 Å². The minimum atomic E-state index is 0. The summed E-state index contributed by atoms with van der Waals surface area (Å²) < 4.78 is 3.85. The lowest BCUT2D eigenvalue weighted by molar-refractivity contribution is -0.909. The monoisotopic (exact) mass is 1110 g/mol. The van der Waals surface area contributed by atoms with Gasteiger partial charge in [0.1, 0.15) is 39.2 Å². The lowest BCUT2D eigenvalue weighted by atomic mass is 9.89. The van der Waals surface area contributed by atoms with E-state index in [0.717, 1.165) is 52.7 Å². The topological polar surface area (TPSA) is 0 Å². The van der Waals surface area contributed by atoms with Gasteiger partial charge in [-0.2, -0.15) is 0 Å². The van der Waals surface area contributed by atoms with Gasteiger partial charge >= 0.3 is 0 Å². The molecule has 16 aromatic carbocycles. The van der Waals surface area contributed by atoms with Gasteiger partial charge in [-0.25, -0.2) is 0 Å². The molecule has 0 saturated carbocycles. The van der Waals surface area contributed by atoms with E-state index >= 15 is 0 Å². The molecule has 0 spiro atoms. The Morgan fingerprint density at radius 3 is 0.650 bits per heavy atom. The van der Waals surface area contributed by atoms with Gasteiger partial charge in [-0.05, 0) is 129 Å². The third kappa shape index (κ3) is 2.94. The van der Waals surface area contributed by atoms with Gasteiger partial charge in [0.15, 0.2) is 0 Å². The van der Waals surface area contributed by atoms with E-state index < -0.39 is 0 Å². The largest absolute Gasteiger partial charge is 0.321 e. The van der Waals surface area contributed by atoms with Crippen molar-refractivity contribution in [3.8, 4) is 0 Å². The number of rotatable bonds is 0. The molecule has 0 radical (unpaired) electrons. The first kappa shape index (κ1) is 33.4. The van der Waals surface area contributed by atoms with Crippen molar-refractivity contribution in [2.45, 2.75) is 46.6 Å².